The first-order valence-corrected chi connectivity index (χ1v) is 5.84. The van der Waals surface area contributed by atoms with Gasteiger partial charge in [0.05, 0.1) is 6.04 Å². The van der Waals surface area contributed by atoms with Crippen molar-refractivity contribution in [1.29, 1.82) is 0 Å². The third-order valence-corrected chi connectivity index (χ3v) is 2.77. The summed E-state index contributed by atoms with van der Waals surface area (Å²) in [6, 6.07) is 9.55. The Kier molecular flexibility index (Phi) is 3.75. The number of nitrogens with zero attached hydrogens (tertiary/aromatic N) is 1. The molecule has 98 valence electrons. The lowest BCUT2D eigenvalue weighted by Crippen LogP contribution is -2.14. The Hall–Kier alpha value is -2.43. The van der Waals surface area contributed by atoms with Crippen molar-refractivity contribution in [2.75, 3.05) is 5.32 Å². The maximum absolute atomic E-state index is 13.6. The number of pyridine rings is 1. The molecule has 2 aromatic rings. The zero-order valence-electron chi connectivity index (χ0n) is 10.4. The Labute approximate surface area is 110 Å². The number of carbonyl (C=O) groups is 1. The molecule has 1 unspecified atom stereocenters. The summed E-state index contributed by atoms with van der Waals surface area (Å²) in [7, 11) is 0. The van der Waals surface area contributed by atoms with Crippen LogP contribution in [-0.2, 0) is 0 Å². The lowest BCUT2D eigenvalue weighted by atomic mass is 10.1. The van der Waals surface area contributed by atoms with Gasteiger partial charge in [0.15, 0.2) is 0 Å². The molecule has 0 fully saturated rings. The number of halogens is 1. The molecule has 19 heavy (non-hydrogen) atoms. The average Bonchev–Trinajstić information content (AvgIpc) is 2.39. The summed E-state index contributed by atoms with van der Waals surface area (Å²) in [5.41, 5.74) is 6.55. The predicted molar refractivity (Wildman–Crippen MR) is 71.2 cm³/mol. The monoisotopic (exact) mass is 259 g/mol. The summed E-state index contributed by atoms with van der Waals surface area (Å²) < 4.78 is 13.6. The van der Waals surface area contributed by atoms with E-state index < -0.39 is 5.91 Å². The van der Waals surface area contributed by atoms with Crippen molar-refractivity contribution >= 4 is 11.6 Å². The fourth-order valence-electron chi connectivity index (χ4n) is 1.81. The lowest BCUT2D eigenvalue weighted by molar-refractivity contribution is 0.0995. The van der Waals surface area contributed by atoms with E-state index in [1.54, 1.807) is 30.3 Å². The molecule has 1 heterocycles. The summed E-state index contributed by atoms with van der Waals surface area (Å²) in [6.07, 6.45) is 1.48. The summed E-state index contributed by atoms with van der Waals surface area (Å²) in [5.74, 6) is -0.867. The topological polar surface area (TPSA) is 68.0 Å². The average molecular weight is 259 g/mol. The summed E-state index contributed by atoms with van der Waals surface area (Å²) in [6.45, 7) is 1.84. The van der Waals surface area contributed by atoms with Gasteiger partial charge < -0.3 is 11.1 Å². The van der Waals surface area contributed by atoms with Crippen LogP contribution >= 0.6 is 0 Å². The first kappa shape index (κ1) is 13.0. The Morgan fingerprint density at radius 1 is 1.37 bits per heavy atom. The number of rotatable bonds is 4. The van der Waals surface area contributed by atoms with Gasteiger partial charge in [-0.15, -0.1) is 0 Å². The van der Waals surface area contributed by atoms with E-state index in [0.29, 0.717) is 11.3 Å². The SMILES string of the molecule is CC(Nc1ccnc(C(N)=O)c1)c1ccccc1F. The molecule has 0 radical (unpaired) electrons. The largest absolute Gasteiger partial charge is 0.378 e. The molecule has 0 saturated heterocycles. The predicted octanol–water partition coefficient (Wildman–Crippen LogP) is 2.49. The van der Waals surface area contributed by atoms with Crippen LogP contribution in [0.25, 0.3) is 0 Å². The van der Waals surface area contributed by atoms with Crippen LogP contribution in [0.2, 0.25) is 0 Å². The number of anilines is 1. The zero-order chi connectivity index (χ0) is 13.8. The van der Waals surface area contributed by atoms with Crippen molar-refractivity contribution in [3.63, 3.8) is 0 Å². The Morgan fingerprint density at radius 2 is 2.11 bits per heavy atom. The van der Waals surface area contributed by atoms with E-state index in [-0.39, 0.29) is 17.6 Å². The zero-order valence-corrected chi connectivity index (χ0v) is 10.4. The maximum Gasteiger partial charge on any atom is 0.267 e. The van der Waals surface area contributed by atoms with Crippen molar-refractivity contribution in [3.05, 3.63) is 59.7 Å². The highest BCUT2D eigenvalue weighted by atomic mass is 19.1. The van der Waals surface area contributed by atoms with Crippen LogP contribution in [0.3, 0.4) is 0 Å². The molecule has 5 heteroatoms. The summed E-state index contributed by atoms with van der Waals surface area (Å²) in [5, 5.41) is 3.11. The van der Waals surface area contributed by atoms with Gasteiger partial charge in [-0.25, -0.2) is 4.39 Å². The van der Waals surface area contributed by atoms with Crippen LogP contribution in [0.4, 0.5) is 10.1 Å². The van der Waals surface area contributed by atoms with Gasteiger partial charge in [-0.2, -0.15) is 0 Å². The van der Waals surface area contributed by atoms with Gasteiger partial charge in [-0.1, -0.05) is 18.2 Å². The van der Waals surface area contributed by atoms with Crippen LogP contribution in [0.15, 0.2) is 42.6 Å². The minimum absolute atomic E-state index is 0.172. The molecule has 1 aromatic heterocycles. The van der Waals surface area contributed by atoms with Gasteiger partial charge in [0.2, 0.25) is 0 Å². The number of aromatic nitrogens is 1. The highest BCUT2D eigenvalue weighted by Crippen LogP contribution is 2.21. The number of nitrogens with one attached hydrogen (secondary N) is 1. The van der Waals surface area contributed by atoms with E-state index in [1.165, 1.54) is 12.3 Å². The van der Waals surface area contributed by atoms with Crippen LogP contribution in [0.5, 0.6) is 0 Å². The first-order valence-electron chi connectivity index (χ1n) is 5.84. The molecule has 1 atom stereocenters. The first-order chi connectivity index (χ1) is 9.08. The molecular weight excluding hydrogens is 245 g/mol. The number of hydrogen-bond donors (Lipinski definition) is 2. The van der Waals surface area contributed by atoms with E-state index in [4.69, 9.17) is 5.73 Å². The van der Waals surface area contributed by atoms with Crippen molar-refractivity contribution < 1.29 is 9.18 Å². The summed E-state index contributed by atoms with van der Waals surface area (Å²) in [4.78, 5) is 14.9. The van der Waals surface area contributed by atoms with Gasteiger partial charge in [-0.3, -0.25) is 9.78 Å². The molecule has 2 rings (SSSR count). The second-order valence-corrected chi connectivity index (χ2v) is 4.18. The molecular formula is C14H14FN3O. The minimum atomic E-state index is -0.595. The molecule has 0 aliphatic heterocycles. The number of benzene rings is 1. The number of amides is 1. The number of nitrogens with two attached hydrogens (primary N) is 1. The van der Waals surface area contributed by atoms with Gasteiger partial charge in [-0.05, 0) is 25.1 Å². The number of hydrogen-bond acceptors (Lipinski definition) is 3. The molecule has 1 amide bonds. The second-order valence-electron chi connectivity index (χ2n) is 4.18. The second kappa shape index (κ2) is 5.48. The summed E-state index contributed by atoms with van der Waals surface area (Å²) >= 11 is 0. The van der Waals surface area contributed by atoms with E-state index in [9.17, 15) is 9.18 Å². The molecule has 3 N–H and O–H groups in total. The fourth-order valence-corrected chi connectivity index (χ4v) is 1.81. The third kappa shape index (κ3) is 3.07. The van der Waals surface area contributed by atoms with Gasteiger partial charge in [0.1, 0.15) is 11.5 Å². The smallest absolute Gasteiger partial charge is 0.267 e. The van der Waals surface area contributed by atoms with Gasteiger partial charge >= 0.3 is 0 Å². The molecule has 4 nitrogen and oxygen atoms in total. The Morgan fingerprint density at radius 3 is 2.79 bits per heavy atom. The highest BCUT2D eigenvalue weighted by Gasteiger charge is 2.11. The van der Waals surface area contributed by atoms with Crippen molar-refractivity contribution in [1.82, 2.24) is 4.98 Å². The van der Waals surface area contributed by atoms with Crippen molar-refractivity contribution in [2.24, 2.45) is 5.73 Å². The highest BCUT2D eigenvalue weighted by molar-refractivity contribution is 5.91. The minimum Gasteiger partial charge on any atom is -0.378 e. The van der Waals surface area contributed by atoms with Gasteiger partial charge in [0.25, 0.3) is 5.91 Å². The van der Waals surface area contributed by atoms with E-state index in [0.717, 1.165) is 0 Å². The van der Waals surface area contributed by atoms with Crippen molar-refractivity contribution in [3.8, 4) is 0 Å². The van der Waals surface area contributed by atoms with Crippen molar-refractivity contribution in [2.45, 2.75) is 13.0 Å². The standard InChI is InChI=1S/C14H14FN3O/c1-9(11-4-2-3-5-12(11)15)18-10-6-7-17-13(8-10)14(16)19/h2-9H,1H3,(H2,16,19)(H,17,18). The third-order valence-electron chi connectivity index (χ3n) is 2.77. The fraction of sp³-hybridized carbons (Fsp3) is 0.143. The van der Waals surface area contributed by atoms with Crippen LogP contribution in [0, 0.1) is 5.82 Å². The van der Waals surface area contributed by atoms with Crippen LogP contribution < -0.4 is 11.1 Å². The molecule has 1 aromatic carbocycles. The molecule has 0 spiro atoms. The van der Waals surface area contributed by atoms with Crippen LogP contribution in [0.1, 0.15) is 29.0 Å². The van der Waals surface area contributed by atoms with E-state index in [1.807, 2.05) is 6.92 Å². The Bertz CT molecular complexity index is 601. The van der Waals surface area contributed by atoms with Crippen LogP contribution in [-0.4, -0.2) is 10.9 Å². The number of primary amides is 1. The van der Waals surface area contributed by atoms with E-state index in [2.05, 4.69) is 10.3 Å². The molecule has 0 saturated carbocycles. The normalized spacial score (nSPS) is 11.9. The van der Waals surface area contributed by atoms with E-state index >= 15 is 0 Å². The Balaban J connectivity index is 2.19. The van der Waals surface area contributed by atoms with Gasteiger partial charge in [0, 0.05) is 17.4 Å². The molecule has 0 aliphatic rings. The lowest BCUT2D eigenvalue weighted by Gasteiger charge is -2.16. The molecule has 0 bridgehead atoms. The quantitative estimate of drug-likeness (QED) is 0.886. The maximum atomic E-state index is 13.6. The number of carbonyl (C=O) groups excluding carboxylic acids is 1. The molecule has 0 aliphatic carbocycles.